The van der Waals surface area contributed by atoms with E-state index in [0.29, 0.717) is 17.1 Å². The van der Waals surface area contributed by atoms with Crippen LogP contribution >= 0.6 is 0 Å². The van der Waals surface area contributed by atoms with Crippen LogP contribution in [0.15, 0.2) is 12.1 Å². The summed E-state index contributed by atoms with van der Waals surface area (Å²) >= 11 is 0. The lowest BCUT2D eigenvalue weighted by atomic mass is 9.87. The molecule has 2 heterocycles. The first-order chi connectivity index (χ1) is 19.4. The van der Waals surface area contributed by atoms with E-state index in [9.17, 15) is 9.90 Å². The van der Waals surface area contributed by atoms with E-state index in [2.05, 4.69) is 67.7 Å². The fourth-order valence-electron chi connectivity index (χ4n) is 4.80. The van der Waals surface area contributed by atoms with Crippen molar-refractivity contribution in [2.75, 3.05) is 20.8 Å². The van der Waals surface area contributed by atoms with E-state index in [1.165, 1.54) is 0 Å². The average molecular weight is 641 g/mol. The Morgan fingerprint density at radius 2 is 1.44 bits per heavy atom. The number of rotatable bonds is 8. The molecule has 246 valence electrons. The van der Waals surface area contributed by atoms with Crippen molar-refractivity contribution >= 4 is 22.6 Å². The third-order valence-corrected chi connectivity index (χ3v) is 18.5. The van der Waals surface area contributed by atoms with Crippen molar-refractivity contribution in [1.29, 1.82) is 0 Å². The van der Waals surface area contributed by atoms with Crippen molar-refractivity contribution in [3.63, 3.8) is 0 Å². The highest BCUT2D eigenvalue weighted by Crippen LogP contribution is 2.53. The minimum absolute atomic E-state index is 0.0988. The fourth-order valence-corrected chi connectivity index (χ4v) is 7.41. The van der Waals surface area contributed by atoms with Crippen molar-refractivity contribution in [3.8, 4) is 11.5 Å². The largest absolute Gasteiger partial charge is 0.497 e. The Labute approximate surface area is 261 Å². The second-order valence-electron chi connectivity index (χ2n) is 16.0. The van der Waals surface area contributed by atoms with Gasteiger partial charge in [-0.25, -0.2) is 0 Å². The second-order valence-corrected chi connectivity index (χ2v) is 25.5. The molecule has 0 amide bonds. The van der Waals surface area contributed by atoms with E-state index in [4.69, 9.17) is 32.5 Å². The van der Waals surface area contributed by atoms with Crippen molar-refractivity contribution < 1.29 is 42.4 Å². The quantitative estimate of drug-likeness (QED) is 0.251. The zero-order valence-corrected chi connectivity index (χ0v) is 31.1. The smallest absolute Gasteiger partial charge is 0.311 e. The molecule has 2 aliphatic rings. The van der Waals surface area contributed by atoms with Gasteiger partial charge in [0.25, 0.3) is 0 Å². The molecule has 0 saturated carbocycles. The van der Waals surface area contributed by atoms with Gasteiger partial charge in [0.05, 0.1) is 31.8 Å². The third-order valence-electron chi connectivity index (χ3n) is 9.59. The number of carbonyl (C=O) groups is 1. The molecule has 0 bridgehead atoms. The number of carbonyl (C=O) groups excluding carboxylic acids is 1. The molecule has 1 spiro atoms. The molecule has 1 saturated heterocycles. The molecule has 0 aliphatic carbocycles. The zero-order chi connectivity index (χ0) is 33.0. The molecule has 0 radical (unpaired) electrons. The Balaban J connectivity index is 2.24. The van der Waals surface area contributed by atoms with Crippen LogP contribution in [0.3, 0.4) is 0 Å². The van der Waals surface area contributed by atoms with E-state index in [1.807, 2.05) is 26.8 Å². The van der Waals surface area contributed by atoms with Gasteiger partial charge >= 0.3 is 5.97 Å². The van der Waals surface area contributed by atoms with Crippen LogP contribution in [0, 0.1) is 5.41 Å². The minimum Gasteiger partial charge on any atom is -0.497 e. The molecule has 2 aliphatic heterocycles. The Bertz CT molecular complexity index is 1160. The molecule has 11 heteroatoms. The number of methoxy groups -OCH3 is 2. The molecule has 1 aromatic carbocycles. The highest BCUT2D eigenvalue weighted by atomic mass is 28.4. The number of hydrogen-bond donors (Lipinski definition) is 1. The summed E-state index contributed by atoms with van der Waals surface area (Å²) in [6.45, 7) is 27.0. The molecule has 0 aromatic heterocycles. The highest BCUT2D eigenvalue weighted by Gasteiger charge is 2.63. The number of fused-ring (bicyclic) bond motifs is 2. The summed E-state index contributed by atoms with van der Waals surface area (Å²) in [7, 11) is -1.79. The Morgan fingerprint density at radius 1 is 0.907 bits per heavy atom. The Hall–Kier alpha value is -1.48. The van der Waals surface area contributed by atoms with Crippen LogP contribution in [0.5, 0.6) is 11.5 Å². The summed E-state index contributed by atoms with van der Waals surface area (Å²) in [5.74, 6) is -0.942. The SMILES string of the molecule is COc1cc2c(c(OC)c1)[C@]1(OC2)O[C@H](COC(=O)C(C)(C)C)[C@@H](O[Si](C)(C)C(C)(C)C)[C@@H](O[Si](C)(C)C(C)(C)C)[C@H]1O. The maximum Gasteiger partial charge on any atom is 0.311 e. The third kappa shape index (κ3) is 7.03. The van der Waals surface area contributed by atoms with Crippen LogP contribution in [0.1, 0.15) is 73.4 Å². The van der Waals surface area contributed by atoms with Crippen LogP contribution in [0.25, 0.3) is 0 Å². The highest BCUT2D eigenvalue weighted by molar-refractivity contribution is 6.74. The van der Waals surface area contributed by atoms with Crippen molar-refractivity contribution in [2.24, 2.45) is 5.41 Å². The van der Waals surface area contributed by atoms with Gasteiger partial charge in [-0.05, 0) is 68.7 Å². The van der Waals surface area contributed by atoms with Gasteiger partial charge in [-0.1, -0.05) is 41.5 Å². The molecule has 1 N–H and O–H groups in total. The molecule has 3 rings (SSSR count). The second kappa shape index (κ2) is 12.0. The standard InChI is InChI=1S/C32H56O9Si2/c1-29(2,3)28(34)37-19-23-25(40-42(12,13)30(4,5)6)26(41-43(14,15)31(7,8)9)27(33)32(39-23)24-20(18-38-32)16-21(35-10)17-22(24)36-11/h16-17,23,25-27,33H,18-19H2,1-15H3/t23-,25-,26-,27-,32+/m1/s1. The van der Waals surface area contributed by atoms with Crippen LogP contribution in [-0.2, 0) is 40.3 Å². The summed E-state index contributed by atoms with van der Waals surface area (Å²) in [6, 6.07) is 3.61. The number of hydrogen-bond acceptors (Lipinski definition) is 9. The van der Waals surface area contributed by atoms with Crippen LogP contribution in [-0.4, -0.2) is 73.0 Å². The van der Waals surface area contributed by atoms with Gasteiger partial charge in [-0.2, -0.15) is 0 Å². The first-order valence-corrected chi connectivity index (χ1v) is 21.0. The predicted octanol–water partition coefficient (Wildman–Crippen LogP) is 6.52. The van der Waals surface area contributed by atoms with E-state index >= 15 is 0 Å². The molecular formula is C32H56O9Si2. The lowest BCUT2D eigenvalue weighted by Gasteiger charge is -2.54. The molecule has 43 heavy (non-hydrogen) atoms. The molecule has 1 fully saturated rings. The summed E-state index contributed by atoms with van der Waals surface area (Å²) in [5, 5.41) is 12.1. The molecule has 1 aromatic rings. The number of aliphatic hydroxyl groups excluding tert-OH is 1. The topological polar surface area (TPSA) is 102 Å². The molecule has 0 unspecified atom stereocenters. The summed E-state index contributed by atoms with van der Waals surface area (Å²) in [6.07, 6.45) is -3.67. The van der Waals surface area contributed by atoms with Crippen molar-refractivity contribution in [3.05, 3.63) is 23.3 Å². The summed E-state index contributed by atoms with van der Waals surface area (Å²) in [5.41, 5.74) is 0.634. The van der Waals surface area contributed by atoms with Gasteiger partial charge < -0.3 is 37.6 Å². The Kier molecular flexibility index (Phi) is 10.1. The average Bonchev–Trinajstić information content (AvgIpc) is 3.23. The molecular weight excluding hydrogens is 585 g/mol. The Morgan fingerprint density at radius 3 is 1.91 bits per heavy atom. The number of benzene rings is 1. The maximum atomic E-state index is 13.0. The maximum absolute atomic E-state index is 13.0. The summed E-state index contributed by atoms with van der Waals surface area (Å²) in [4.78, 5) is 13.0. The van der Waals surface area contributed by atoms with Crippen molar-refractivity contribution in [1.82, 2.24) is 0 Å². The van der Waals surface area contributed by atoms with Crippen LogP contribution in [0.4, 0.5) is 0 Å². The van der Waals surface area contributed by atoms with E-state index in [-0.39, 0.29) is 29.3 Å². The van der Waals surface area contributed by atoms with Gasteiger partial charge in [0, 0.05) is 6.07 Å². The van der Waals surface area contributed by atoms with Gasteiger partial charge in [0.2, 0.25) is 5.79 Å². The normalized spacial score (nSPS) is 26.8. The summed E-state index contributed by atoms with van der Waals surface area (Å²) < 4.78 is 44.6. The zero-order valence-electron chi connectivity index (χ0n) is 29.1. The first kappa shape index (κ1) is 36.0. The van der Waals surface area contributed by atoms with E-state index < -0.39 is 52.3 Å². The monoisotopic (exact) mass is 640 g/mol. The molecule has 5 atom stereocenters. The fraction of sp³-hybridized carbons (Fsp3) is 0.781. The van der Waals surface area contributed by atoms with Gasteiger partial charge in [0.15, 0.2) is 16.6 Å². The molecule has 9 nitrogen and oxygen atoms in total. The predicted molar refractivity (Wildman–Crippen MR) is 171 cm³/mol. The van der Waals surface area contributed by atoms with Gasteiger partial charge in [-0.3, -0.25) is 4.79 Å². The van der Waals surface area contributed by atoms with E-state index in [0.717, 1.165) is 5.56 Å². The number of esters is 1. The first-order valence-electron chi connectivity index (χ1n) is 15.2. The minimum atomic E-state index is -2.49. The number of aliphatic hydroxyl groups is 1. The lowest BCUT2D eigenvalue weighted by molar-refractivity contribution is -0.365. The lowest BCUT2D eigenvalue weighted by Crippen LogP contribution is -2.69. The number of ether oxygens (including phenoxy) is 5. The van der Waals surface area contributed by atoms with Gasteiger partial charge in [-0.15, -0.1) is 0 Å². The van der Waals surface area contributed by atoms with Crippen LogP contribution < -0.4 is 9.47 Å². The van der Waals surface area contributed by atoms with Crippen molar-refractivity contribution in [2.45, 2.75) is 135 Å². The van der Waals surface area contributed by atoms with E-state index in [1.54, 1.807) is 20.3 Å². The van der Waals surface area contributed by atoms with Crippen LogP contribution in [0.2, 0.25) is 36.3 Å². The van der Waals surface area contributed by atoms with Gasteiger partial charge in [0.1, 0.15) is 42.5 Å².